The molecule has 6 heteroatoms. The highest BCUT2D eigenvalue weighted by molar-refractivity contribution is 6.39. The molecule has 0 spiro atoms. The predicted molar refractivity (Wildman–Crippen MR) is 96.7 cm³/mol. The first-order valence-corrected chi connectivity index (χ1v) is 8.48. The third kappa shape index (κ3) is 3.85. The first kappa shape index (κ1) is 17.9. The summed E-state index contributed by atoms with van der Waals surface area (Å²) in [7, 11) is 1.51. The highest BCUT2D eigenvalue weighted by Gasteiger charge is 2.31. The Bertz CT molecular complexity index is 838. The molecule has 0 radical (unpaired) electrons. The molecule has 5 nitrogen and oxygen atoms in total. The largest absolute Gasteiger partial charge is 0.495 e. The lowest BCUT2D eigenvalue weighted by Crippen LogP contribution is -2.38. The molecule has 0 saturated carbocycles. The van der Waals surface area contributed by atoms with Crippen molar-refractivity contribution < 1.29 is 18.7 Å². The zero-order valence-corrected chi connectivity index (χ0v) is 14.8. The first-order chi connectivity index (χ1) is 12.5. The van der Waals surface area contributed by atoms with E-state index < -0.39 is 11.8 Å². The lowest BCUT2D eigenvalue weighted by atomic mass is 9.98. The van der Waals surface area contributed by atoms with Gasteiger partial charge in [-0.15, -0.1) is 0 Å². The summed E-state index contributed by atoms with van der Waals surface area (Å²) >= 11 is 0. The summed E-state index contributed by atoms with van der Waals surface area (Å²) in [5.74, 6) is -1.05. The molecule has 3 rings (SSSR count). The SMILES string of the molecule is COc1ccc(C)cc1NC(=O)C(=O)N1CCC(c2cccc(F)c2)C1. The first-order valence-electron chi connectivity index (χ1n) is 8.48. The summed E-state index contributed by atoms with van der Waals surface area (Å²) in [5, 5.41) is 2.63. The molecule has 1 atom stereocenters. The van der Waals surface area contributed by atoms with Gasteiger partial charge in [0.2, 0.25) is 0 Å². The van der Waals surface area contributed by atoms with Crippen molar-refractivity contribution >= 4 is 17.5 Å². The van der Waals surface area contributed by atoms with Crippen LogP contribution in [-0.2, 0) is 9.59 Å². The van der Waals surface area contributed by atoms with Gasteiger partial charge in [0.25, 0.3) is 0 Å². The van der Waals surface area contributed by atoms with Crippen molar-refractivity contribution in [1.82, 2.24) is 4.90 Å². The predicted octanol–water partition coefficient (Wildman–Crippen LogP) is 3.10. The summed E-state index contributed by atoms with van der Waals surface area (Å²) in [6.07, 6.45) is 0.705. The van der Waals surface area contributed by atoms with Gasteiger partial charge in [-0.05, 0) is 48.7 Å². The van der Waals surface area contributed by atoms with E-state index in [2.05, 4.69) is 5.32 Å². The lowest BCUT2D eigenvalue weighted by Gasteiger charge is -2.17. The van der Waals surface area contributed by atoms with Crippen molar-refractivity contribution in [3.8, 4) is 5.75 Å². The number of carbonyl (C=O) groups excluding carboxylic acids is 2. The standard InChI is InChI=1S/C20H21FN2O3/c1-13-6-7-18(26-2)17(10-13)22-19(24)20(25)23-9-8-15(12-23)14-4-3-5-16(21)11-14/h3-7,10-11,15H,8-9,12H2,1-2H3,(H,22,24). The summed E-state index contributed by atoms with van der Waals surface area (Å²) in [4.78, 5) is 26.3. The summed E-state index contributed by atoms with van der Waals surface area (Å²) in [6.45, 7) is 2.76. The Labute approximate surface area is 151 Å². The van der Waals surface area contributed by atoms with Crippen molar-refractivity contribution in [2.45, 2.75) is 19.3 Å². The molecular formula is C20H21FN2O3. The highest BCUT2D eigenvalue weighted by Crippen LogP contribution is 2.28. The van der Waals surface area contributed by atoms with Crippen molar-refractivity contribution in [2.24, 2.45) is 0 Å². The van der Waals surface area contributed by atoms with Crippen LogP contribution in [0.3, 0.4) is 0 Å². The number of amides is 2. The number of anilines is 1. The molecule has 26 heavy (non-hydrogen) atoms. The van der Waals surface area contributed by atoms with Crippen LogP contribution in [0.1, 0.15) is 23.5 Å². The molecule has 1 fully saturated rings. The Morgan fingerprint density at radius 3 is 2.77 bits per heavy atom. The molecule has 1 unspecified atom stereocenters. The van der Waals surface area contributed by atoms with Crippen LogP contribution < -0.4 is 10.1 Å². The zero-order chi connectivity index (χ0) is 18.7. The van der Waals surface area contributed by atoms with Crippen LogP contribution in [0.25, 0.3) is 0 Å². The normalized spacial score (nSPS) is 16.4. The number of aryl methyl sites for hydroxylation is 1. The Hall–Kier alpha value is -2.89. The van der Waals surface area contributed by atoms with E-state index in [1.54, 1.807) is 18.2 Å². The second-order valence-corrected chi connectivity index (χ2v) is 6.45. The molecule has 1 aliphatic rings. The van der Waals surface area contributed by atoms with Crippen LogP contribution in [0.5, 0.6) is 5.75 Å². The van der Waals surface area contributed by atoms with Crippen molar-refractivity contribution in [2.75, 3.05) is 25.5 Å². The summed E-state index contributed by atoms with van der Waals surface area (Å²) in [5.41, 5.74) is 2.26. The maximum atomic E-state index is 13.4. The zero-order valence-electron chi connectivity index (χ0n) is 14.8. The molecule has 1 aliphatic heterocycles. The molecule has 2 aromatic rings. The van der Waals surface area contributed by atoms with Gasteiger partial charge in [-0.1, -0.05) is 18.2 Å². The molecule has 1 heterocycles. The third-order valence-electron chi connectivity index (χ3n) is 4.59. The fourth-order valence-electron chi connectivity index (χ4n) is 3.22. The van der Waals surface area contributed by atoms with Crippen LogP contribution in [0.2, 0.25) is 0 Å². The van der Waals surface area contributed by atoms with Gasteiger partial charge in [-0.25, -0.2) is 4.39 Å². The quantitative estimate of drug-likeness (QED) is 0.860. The van der Waals surface area contributed by atoms with E-state index in [4.69, 9.17) is 4.74 Å². The number of likely N-dealkylation sites (tertiary alicyclic amines) is 1. The number of nitrogens with zero attached hydrogens (tertiary/aromatic N) is 1. The molecule has 1 saturated heterocycles. The highest BCUT2D eigenvalue weighted by atomic mass is 19.1. The number of rotatable bonds is 3. The monoisotopic (exact) mass is 356 g/mol. The van der Waals surface area contributed by atoms with Crippen molar-refractivity contribution in [3.63, 3.8) is 0 Å². The lowest BCUT2D eigenvalue weighted by molar-refractivity contribution is -0.142. The second-order valence-electron chi connectivity index (χ2n) is 6.45. The van der Waals surface area contributed by atoms with E-state index in [0.717, 1.165) is 11.1 Å². The minimum Gasteiger partial charge on any atom is -0.495 e. The van der Waals surface area contributed by atoms with Gasteiger partial charge in [0.1, 0.15) is 11.6 Å². The third-order valence-corrected chi connectivity index (χ3v) is 4.59. The van der Waals surface area contributed by atoms with E-state index in [1.165, 1.54) is 24.1 Å². The van der Waals surface area contributed by atoms with Gasteiger partial charge in [-0.2, -0.15) is 0 Å². The van der Waals surface area contributed by atoms with Gasteiger partial charge >= 0.3 is 11.8 Å². The van der Waals surface area contributed by atoms with Gasteiger partial charge in [-0.3, -0.25) is 9.59 Å². The average Bonchev–Trinajstić information content (AvgIpc) is 3.11. The van der Waals surface area contributed by atoms with E-state index in [0.29, 0.717) is 30.9 Å². The number of methoxy groups -OCH3 is 1. The number of hydrogen-bond donors (Lipinski definition) is 1. The van der Waals surface area contributed by atoms with Crippen LogP contribution in [0.4, 0.5) is 10.1 Å². The summed E-state index contributed by atoms with van der Waals surface area (Å²) < 4.78 is 18.6. The summed E-state index contributed by atoms with van der Waals surface area (Å²) in [6, 6.07) is 11.7. The van der Waals surface area contributed by atoms with Gasteiger partial charge in [0.15, 0.2) is 0 Å². The van der Waals surface area contributed by atoms with E-state index >= 15 is 0 Å². The Morgan fingerprint density at radius 2 is 2.04 bits per heavy atom. The molecule has 0 aromatic heterocycles. The Kier molecular flexibility index (Phi) is 5.21. The molecule has 0 aliphatic carbocycles. The number of benzene rings is 2. The molecule has 0 bridgehead atoms. The van der Waals surface area contributed by atoms with Gasteiger partial charge in [0.05, 0.1) is 12.8 Å². The van der Waals surface area contributed by atoms with Crippen LogP contribution in [0.15, 0.2) is 42.5 Å². The maximum Gasteiger partial charge on any atom is 0.314 e. The molecular weight excluding hydrogens is 335 g/mol. The topological polar surface area (TPSA) is 58.6 Å². The minimum absolute atomic E-state index is 0.0379. The molecule has 2 aromatic carbocycles. The van der Waals surface area contributed by atoms with Gasteiger partial charge in [0, 0.05) is 19.0 Å². The number of nitrogens with one attached hydrogen (secondary N) is 1. The molecule has 1 N–H and O–H groups in total. The Morgan fingerprint density at radius 1 is 1.23 bits per heavy atom. The number of hydrogen-bond acceptors (Lipinski definition) is 3. The Balaban J connectivity index is 1.66. The van der Waals surface area contributed by atoms with Gasteiger partial charge < -0.3 is 15.0 Å². The van der Waals surface area contributed by atoms with E-state index in [1.807, 2.05) is 19.1 Å². The second kappa shape index (κ2) is 7.56. The molecule has 2 amide bonds. The molecule has 136 valence electrons. The van der Waals surface area contributed by atoms with E-state index in [-0.39, 0.29) is 11.7 Å². The number of carbonyl (C=O) groups is 2. The van der Waals surface area contributed by atoms with Crippen molar-refractivity contribution in [1.29, 1.82) is 0 Å². The van der Waals surface area contributed by atoms with Crippen LogP contribution in [-0.4, -0.2) is 36.9 Å². The maximum absolute atomic E-state index is 13.4. The van der Waals surface area contributed by atoms with Crippen molar-refractivity contribution in [3.05, 3.63) is 59.4 Å². The number of ether oxygens (including phenoxy) is 1. The van der Waals surface area contributed by atoms with E-state index in [9.17, 15) is 14.0 Å². The fraction of sp³-hybridized carbons (Fsp3) is 0.300. The average molecular weight is 356 g/mol. The smallest absolute Gasteiger partial charge is 0.314 e. The fourth-order valence-corrected chi connectivity index (χ4v) is 3.22. The van der Waals surface area contributed by atoms with Crippen LogP contribution in [0, 0.1) is 12.7 Å². The van der Waals surface area contributed by atoms with Crippen LogP contribution >= 0.6 is 0 Å². The number of halogens is 1. The minimum atomic E-state index is -0.700.